The van der Waals surface area contributed by atoms with Crippen molar-refractivity contribution >= 4 is 28.5 Å². The van der Waals surface area contributed by atoms with E-state index >= 15 is 0 Å². The van der Waals surface area contributed by atoms with Crippen LogP contribution >= 0.6 is 22.6 Å². The van der Waals surface area contributed by atoms with E-state index in [0.29, 0.717) is 0 Å². The summed E-state index contributed by atoms with van der Waals surface area (Å²) in [5.41, 5.74) is 0.796. The lowest BCUT2D eigenvalue weighted by molar-refractivity contribution is 0.0788. The van der Waals surface area contributed by atoms with Crippen LogP contribution in [-0.2, 0) is 0 Å². The van der Waals surface area contributed by atoms with Crippen LogP contribution in [0, 0.1) is 9.49 Å². The van der Waals surface area contributed by atoms with Crippen molar-refractivity contribution in [1.29, 1.82) is 0 Å². The number of benzene rings is 1. The van der Waals surface area contributed by atoms with Gasteiger partial charge in [0.2, 0.25) is 0 Å². The first-order valence-electron chi connectivity index (χ1n) is 5.18. The molecule has 0 atom stereocenters. The molecule has 0 N–H and O–H groups in total. The second-order valence-electron chi connectivity index (χ2n) is 4.14. The molecule has 1 aromatic carbocycles. The van der Waals surface area contributed by atoms with Gasteiger partial charge in [-0.1, -0.05) is 6.07 Å². The number of nitrogens with zero attached hydrogens (tertiary/aromatic N) is 1. The molecule has 0 heterocycles. The summed E-state index contributed by atoms with van der Waals surface area (Å²) in [5, 5.41) is 0. The molecule has 0 saturated heterocycles. The monoisotopic (exact) mass is 315 g/mol. The molecule has 1 amide bonds. The van der Waals surface area contributed by atoms with Crippen LogP contribution < -0.4 is 0 Å². The summed E-state index contributed by atoms with van der Waals surface area (Å²) in [4.78, 5) is 13.8. The highest BCUT2D eigenvalue weighted by Gasteiger charge is 2.25. The minimum absolute atomic E-state index is 0.139. The molecule has 0 unspecified atom stereocenters. The molecule has 1 aliphatic carbocycles. The molecule has 2 rings (SSSR count). The van der Waals surface area contributed by atoms with E-state index in [-0.39, 0.29) is 5.91 Å². The smallest absolute Gasteiger partial charge is 0.253 e. The molecule has 15 heavy (non-hydrogen) atoms. The first kappa shape index (κ1) is 10.9. The zero-order valence-electron chi connectivity index (χ0n) is 8.74. The third-order valence-corrected chi connectivity index (χ3v) is 3.32. The second kappa shape index (κ2) is 4.51. The Morgan fingerprint density at radius 2 is 2.27 bits per heavy atom. The predicted molar refractivity (Wildman–Crippen MR) is 68.8 cm³/mol. The maximum Gasteiger partial charge on any atom is 0.253 e. The van der Waals surface area contributed by atoms with Gasteiger partial charge in [0.05, 0.1) is 0 Å². The maximum atomic E-state index is 12.0. The Kier molecular flexibility index (Phi) is 3.29. The Labute approximate surface area is 104 Å². The van der Waals surface area contributed by atoms with Crippen molar-refractivity contribution < 1.29 is 4.79 Å². The van der Waals surface area contributed by atoms with Crippen molar-refractivity contribution in [2.45, 2.75) is 12.8 Å². The number of carbonyl (C=O) groups is 1. The molecule has 0 aliphatic heterocycles. The Bertz CT molecular complexity index is 374. The van der Waals surface area contributed by atoms with Crippen LogP contribution in [0.2, 0.25) is 0 Å². The van der Waals surface area contributed by atoms with Gasteiger partial charge in [0.25, 0.3) is 5.91 Å². The number of rotatable bonds is 3. The van der Waals surface area contributed by atoms with E-state index in [1.807, 2.05) is 36.2 Å². The highest BCUT2D eigenvalue weighted by atomic mass is 127. The molecule has 0 radical (unpaired) electrons. The van der Waals surface area contributed by atoms with E-state index in [2.05, 4.69) is 22.6 Å². The summed E-state index contributed by atoms with van der Waals surface area (Å²) >= 11 is 2.23. The van der Waals surface area contributed by atoms with Crippen molar-refractivity contribution in [3.05, 3.63) is 33.4 Å². The van der Waals surface area contributed by atoms with E-state index in [1.54, 1.807) is 0 Å². The van der Waals surface area contributed by atoms with Crippen LogP contribution in [0.1, 0.15) is 23.2 Å². The van der Waals surface area contributed by atoms with Crippen molar-refractivity contribution in [2.75, 3.05) is 13.6 Å². The minimum atomic E-state index is 0.139. The van der Waals surface area contributed by atoms with E-state index in [4.69, 9.17) is 0 Å². The molecule has 0 aromatic heterocycles. The Morgan fingerprint density at radius 1 is 1.53 bits per heavy atom. The van der Waals surface area contributed by atoms with E-state index in [9.17, 15) is 4.79 Å². The standard InChI is InChI=1S/C12H14INO/c1-14(8-9-5-6-9)12(15)10-3-2-4-11(13)7-10/h2-4,7,9H,5-6,8H2,1H3. The molecule has 2 nitrogen and oxygen atoms in total. The molecule has 1 saturated carbocycles. The fourth-order valence-electron chi connectivity index (χ4n) is 1.61. The first-order valence-corrected chi connectivity index (χ1v) is 6.26. The predicted octanol–water partition coefficient (Wildman–Crippen LogP) is 2.77. The van der Waals surface area contributed by atoms with Gasteiger partial charge in [0.1, 0.15) is 0 Å². The van der Waals surface area contributed by atoms with Crippen molar-refractivity contribution in [3.8, 4) is 0 Å². The van der Waals surface area contributed by atoms with Gasteiger partial charge in [-0.15, -0.1) is 0 Å². The molecule has 1 aliphatic rings. The summed E-state index contributed by atoms with van der Waals surface area (Å²) in [6, 6.07) is 7.75. The van der Waals surface area contributed by atoms with Crippen LogP contribution in [0.3, 0.4) is 0 Å². The normalized spacial score (nSPS) is 15.1. The van der Waals surface area contributed by atoms with Crippen LogP contribution in [0.5, 0.6) is 0 Å². The fraction of sp³-hybridized carbons (Fsp3) is 0.417. The fourth-order valence-corrected chi connectivity index (χ4v) is 2.16. The van der Waals surface area contributed by atoms with Gasteiger partial charge in [0.15, 0.2) is 0 Å². The van der Waals surface area contributed by atoms with Crippen LogP contribution in [0.25, 0.3) is 0 Å². The van der Waals surface area contributed by atoms with Crippen LogP contribution in [0.4, 0.5) is 0 Å². The molecule has 1 fully saturated rings. The Morgan fingerprint density at radius 3 is 2.87 bits per heavy atom. The third kappa shape index (κ3) is 2.93. The zero-order valence-corrected chi connectivity index (χ0v) is 10.9. The lowest BCUT2D eigenvalue weighted by Gasteiger charge is -2.16. The third-order valence-electron chi connectivity index (χ3n) is 2.65. The second-order valence-corrected chi connectivity index (χ2v) is 5.39. The van der Waals surface area contributed by atoms with Gasteiger partial charge in [-0.3, -0.25) is 4.79 Å². The minimum Gasteiger partial charge on any atom is -0.341 e. The van der Waals surface area contributed by atoms with Crippen LogP contribution in [0.15, 0.2) is 24.3 Å². The van der Waals surface area contributed by atoms with Gasteiger partial charge < -0.3 is 4.90 Å². The topological polar surface area (TPSA) is 20.3 Å². The van der Waals surface area contributed by atoms with E-state index in [0.717, 1.165) is 21.6 Å². The summed E-state index contributed by atoms with van der Waals surface area (Å²) in [7, 11) is 1.89. The summed E-state index contributed by atoms with van der Waals surface area (Å²) in [6.45, 7) is 0.907. The Hall–Kier alpha value is -0.580. The lowest BCUT2D eigenvalue weighted by atomic mass is 10.2. The van der Waals surface area contributed by atoms with Gasteiger partial charge in [-0.05, 0) is 59.5 Å². The highest BCUT2D eigenvalue weighted by Crippen LogP contribution is 2.29. The Balaban J connectivity index is 2.05. The summed E-state index contributed by atoms with van der Waals surface area (Å²) in [5.74, 6) is 0.891. The van der Waals surface area contributed by atoms with Gasteiger partial charge in [0, 0.05) is 22.7 Å². The molecule has 3 heteroatoms. The van der Waals surface area contributed by atoms with Crippen LogP contribution in [-0.4, -0.2) is 24.4 Å². The maximum absolute atomic E-state index is 12.0. The number of amides is 1. The average molecular weight is 315 g/mol. The van der Waals surface area contributed by atoms with E-state index < -0.39 is 0 Å². The van der Waals surface area contributed by atoms with Crippen molar-refractivity contribution in [1.82, 2.24) is 4.90 Å². The number of hydrogen-bond acceptors (Lipinski definition) is 1. The molecular formula is C12H14INO. The molecule has 0 spiro atoms. The summed E-state index contributed by atoms with van der Waals surface area (Å²) in [6.07, 6.45) is 2.56. The largest absolute Gasteiger partial charge is 0.341 e. The molecule has 1 aromatic rings. The lowest BCUT2D eigenvalue weighted by Crippen LogP contribution is -2.28. The van der Waals surface area contributed by atoms with Crippen molar-refractivity contribution in [2.24, 2.45) is 5.92 Å². The van der Waals surface area contributed by atoms with Gasteiger partial charge >= 0.3 is 0 Å². The number of carbonyl (C=O) groups excluding carboxylic acids is 1. The average Bonchev–Trinajstić information content (AvgIpc) is 3.00. The van der Waals surface area contributed by atoms with Gasteiger partial charge in [-0.25, -0.2) is 0 Å². The first-order chi connectivity index (χ1) is 7.16. The van der Waals surface area contributed by atoms with Crippen molar-refractivity contribution in [3.63, 3.8) is 0 Å². The van der Waals surface area contributed by atoms with E-state index in [1.165, 1.54) is 12.8 Å². The molecule has 0 bridgehead atoms. The number of hydrogen-bond donors (Lipinski definition) is 0. The number of halogens is 1. The molecular weight excluding hydrogens is 301 g/mol. The quantitative estimate of drug-likeness (QED) is 0.786. The SMILES string of the molecule is CN(CC1CC1)C(=O)c1cccc(I)c1. The zero-order chi connectivity index (χ0) is 10.8. The van der Waals surface area contributed by atoms with Gasteiger partial charge in [-0.2, -0.15) is 0 Å². The summed E-state index contributed by atoms with van der Waals surface area (Å²) < 4.78 is 1.11. The highest BCUT2D eigenvalue weighted by molar-refractivity contribution is 14.1. The molecule has 80 valence electrons.